The van der Waals surface area contributed by atoms with Crippen molar-refractivity contribution in [2.45, 2.75) is 18.5 Å². The number of H-pyrrole nitrogens is 1. The first-order valence-corrected chi connectivity index (χ1v) is 7.62. The van der Waals surface area contributed by atoms with Crippen LogP contribution in [-0.4, -0.2) is 40.4 Å². The van der Waals surface area contributed by atoms with Crippen molar-refractivity contribution in [2.24, 2.45) is 0 Å². The molecule has 22 heavy (non-hydrogen) atoms. The van der Waals surface area contributed by atoms with Crippen LogP contribution in [0.15, 0.2) is 34.3 Å². The lowest BCUT2D eigenvalue weighted by atomic mass is 10.2. The lowest BCUT2D eigenvalue weighted by Crippen LogP contribution is -2.07. The second kappa shape index (κ2) is 7.13. The summed E-state index contributed by atoms with van der Waals surface area (Å²) >= 11 is 1.04. The minimum absolute atomic E-state index is 0.180. The van der Waals surface area contributed by atoms with Gasteiger partial charge in [0.05, 0.1) is 0 Å². The third-order valence-corrected chi connectivity index (χ3v) is 3.84. The first kappa shape index (κ1) is 16.1. The molecule has 0 unspecified atom stereocenters. The molecule has 6 nitrogen and oxygen atoms in total. The number of aromatic amines is 1. The summed E-state index contributed by atoms with van der Waals surface area (Å²) in [6.07, 6.45) is 2.35. The fraction of sp³-hybridized carbons (Fsp3) is 0.267. The number of carboxylic acid groups (broad SMARTS) is 1. The van der Waals surface area contributed by atoms with Gasteiger partial charge in [-0.3, -0.25) is 5.10 Å². The molecule has 0 aliphatic heterocycles. The number of aliphatic carboxylic acids is 1. The molecule has 1 aromatic heterocycles. The fourth-order valence-electron chi connectivity index (χ4n) is 1.73. The van der Waals surface area contributed by atoms with Crippen LogP contribution in [0, 0.1) is 0 Å². The van der Waals surface area contributed by atoms with Gasteiger partial charge >= 0.3 is 5.97 Å². The van der Waals surface area contributed by atoms with E-state index >= 15 is 0 Å². The molecule has 0 saturated carbocycles. The Balaban J connectivity index is 2.21. The molecular weight excluding hydrogens is 300 g/mol. The van der Waals surface area contributed by atoms with Crippen molar-refractivity contribution in [3.05, 3.63) is 40.6 Å². The highest BCUT2D eigenvalue weighted by Gasteiger charge is 2.13. The quantitative estimate of drug-likeness (QED) is 0.629. The molecule has 2 aromatic rings. The highest BCUT2D eigenvalue weighted by molar-refractivity contribution is 8.04. The van der Waals surface area contributed by atoms with Crippen molar-refractivity contribution < 1.29 is 9.90 Å². The summed E-state index contributed by atoms with van der Waals surface area (Å²) in [5.74, 6) is -0.257. The van der Waals surface area contributed by atoms with Crippen LogP contribution in [0.2, 0.25) is 0 Å². The Hall–Kier alpha value is -2.28. The SMILES string of the molecule is CCc1nc(S/C(=C\c2ccc(N(C)C)cc2)C(=O)O)n[nH]1. The molecule has 0 fully saturated rings. The molecule has 116 valence electrons. The smallest absolute Gasteiger partial charge is 0.342 e. The Bertz CT molecular complexity index is 677. The maximum Gasteiger partial charge on any atom is 0.342 e. The Morgan fingerprint density at radius 2 is 2.05 bits per heavy atom. The highest BCUT2D eigenvalue weighted by atomic mass is 32.2. The number of hydrogen-bond acceptors (Lipinski definition) is 5. The number of benzene rings is 1. The van der Waals surface area contributed by atoms with Gasteiger partial charge in [0.1, 0.15) is 10.7 Å². The number of nitrogens with zero attached hydrogens (tertiary/aromatic N) is 3. The first-order chi connectivity index (χ1) is 10.5. The van der Waals surface area contributed by atoms with Crippen LogP contribution in [0.4, 0.5) is 5.69 Å². The second-order valence-electron chi connectivity index (χ2n) is 4.82. The van der Waals surface area contributed by atoms with Crippen molar-refractivity contribution in [1.82, 2.24) is 15.2 Å². The van der Waals surface area contributed by atoms with E-state index in [0.29, 0.717) is 5.16 Å². The van der Waals surface area contributed by atoms with Gasteiger partial charge in [-0.15, -0.1) is 5.10 Å². The van der Waals surface area contributed by atoms with Gasteiger partial charge in [-0.05, 0) is 35.5 Å². The molecule has 2 rings (SSSR count). The summed E-state index contributed by atoms with van der Waals surface area (Å²) in [7, 11) is 3.91. The number of hydrogen-bond donors (Lipinski definition) is 2. The predicted molar refractivity (Wildman–Crippen MR) is 88.0 cm³/mol. The van der Waals surface area contributed by atoms with Crippen LogP contribution in [0.1, 0.15) is 18.3 Å². The highest BCUT2D eigenvalue weighted by Crippen LogP contribution is 2.26. The van der Waals surface area contributed by atoms with E-state index < -0.39 is 5.97 Å². The minimum Gasteiger partial charge on any atom is -0.477 e. The lowest BCUT2D eigenvalue weighted by Gasteiger charge is -2.11. The molecule has 0 atom stereocenters. The molecule has 7 heteroatoms. The topological polar surface area (TPSA) is 82.1 Å². The van der Waals surface area contributed by atoms with Crippen LogP contribution in [-0.2, 0) is 11.2 Å². The zero-order valence-corrected chi connectivity index (χ0v) is 13.5. The Kier molecular flexibility index (Phi) is 5.21. The fourth-order valence-corrected chi connectivity index (χ4v) is 2.46. The second-order valence-corrected chi connectivity index (χ2v) is 5.83. The third-order valence-electron chi connectivity index (χ3n) is 2.97. The minimum atomic E-state index is -0.996. The molecule has 0 aliphatic carbocycles. The van der Waals surface area contributed by atoms with E-state index in [1.807, 2.05) is 50.2 Å². The maximum absolute atomic E-state index is 11.4. The van der Waals surface area contributed by atoms with Gasteiger partial charge in [-0.25, -0.2) is 9.78 Å². The van der Waals surface area contributed by atoms with Gasteiger partial charge < -0.3 is 10.0 Å². The van der Waals surface area contributed by atoms with Crippen LogP contribution in [0.25, 0.3) is 6.08 Å². The largest absolute Gasteiger partial charge is 0.477 e. The number of nitrogens with one attached hydrogen (secondary N) is 1. The van der Waals surface area contributed by atoms with Crippen molar-refractivity contribution in [2.75, 3.05) is 19.0 Å². The Labute approximate surface area is 133 Å². The Morgan fingerprint density at radius 1 is 1.36 bits per heavy atom. The summed E-state index contributed by atoms with van der Waals surface area (Å²) in [6, 6.07) is 7.65. The van der Waals surface area contributed by atoms with E-state index in [1.165, 1.54) is 0 Å². The molecule has 1 aromatic carbocycles. The maximum atomic E-state index is 11.4. The lowest BCUT2D eigenvalue weighted by molar-refractivity contribution is -0.131. The molecule has 2 N–H and O–H groups in total. The van der Waals surface area contributed by atoms with Gasteiger partial charge in [0.2, 0.25) is 5.16 Å². The average Bonchev–Trinajstić information content (AvgIpc) is 2.94. The van der Waals surface area contributed by atoms with Crippen LogP contribution >= 0.6 is 11.8 Å². The number of thioether (sulfide) groups is 1. The number of carbonyl (C=O) groups is 1. The summed E-state index contributed by atoms with van der Waals surface area (Å²) in [4.78, 5) is 17.8. The molecule has 0 saturated heterocycles. The van der Waals surface area contributed by atoms with Gasteiger partial charge in [0.15, 0.2) is 0 Å². The summed E-state index contributed by atoms with van der Waals surface area (Å²) in [6.45, 7) is 1.95. The average molecular weight is 318 g/mol. The van der Waals surface area contributed by atoms with Crippen LogP contribution < -0.4 is 4.90 Å². The van der Waals surface area contributed by atoms with E-state index in [1.54, 1.807) is 6.08 Å². The molecule has 0 spiro atoms. The van der Waals surface area contributed by atoms with Gasteiger partial charge in [-0.2, -0.15) is 0 Å². The van der Waals surface area contributed by atoms with E-state index in [0.717, 1.165) is 35.3 Å². The van der Waals surface area contributed by atoms with Crippen molar-refractivity contribution >= 4 is 29.5 Å². The standard InChI is InChI=1S/C15H18N4O2S/c1-4-13-16-15(18-17-13)22-12(14(20)21)9-10-5-7-11(8-6-10)19(2)3/h5-9H,4H2,1-3H3,(H,20,21)(H,16,17,18)/b12-9-. The number of carboxylic acids is 1. The van der Waals surface area contributed by atoms with Crippen molar-refractivity contribution in [1.29, 1.82) is 0 Å². The zero-order chi connectivity index (χ0) is 16.1. The van der Waals surface area contributed by atoms with E-state index in [-0.39, 0.29) is 4.91 Å². The summed E-state index contributed by atoms with van der Waals surface area (Å²) in [5.41, 5.74) is 1.88. The van der Waals surface area contributed by atoms with Crippen molar-refractivity contribution in [3.63, 3.8) is 0 Å². The van der Waals surface area contributed by atoms with Crippen LogP contribution in [0.5, 0.6) is 0 Å². The van der Waals surface area contributed by atoms with Gasteiger partial charge in [0, 0.05) is 26.2 Å². The number of rotatable bonds is 6. The molecule has 0 radical (unpaired) electrons. The molecule has 1 heterocycles. The third kappa shape index (κ3) is 4.11. The monoisotopic (exact) mass is 318 g/mol. The number of aryl methyl sites for hydroxylation is 1. The van der Waals surface area contributed by atoms with E-state index in [9.17, 15) is 9.90 Å². The zero-order valence-electron chi connectivity index (χ0n) is 12.7. The van der Waals surface area contributed by atoms with Gasteiger partial charge in [-0.1, -0.05) is 19.1 Å². The molecule has 0 amide bonds. The number of anilines is 1. The van der Waals surface area contributed by atoms with Crippen molar-refractivity contribution in [3.8, 4) is 0 Å². The molecule has 0 aliphatic rings. The molecular formula is C15H18N4O2S. The van der Waals surface area contributed by atoms with E-state index in [4.69, 9.17) is 0 Å². The summed E-state index contributed by atoms with van der Waals surface area (Å²) in [5, 5.41) is 16.5. The number of aromatic nitrogens is 3. The first-order valence-electron chi connectivity index (χ1n) is 6.81. The Morgan fingerprint density at radius 3 is 2.55 bits per heavy atom. The normalized spacial score (nSPS) is 11.5. The summed E-state index contributed by atoms with van der Waals surface area (Å²) < 4.78 is 0. The van der Waals surface area contributed by atoms with Crippen LogP contribution in [0.3, 0.4) is 0 Å². The van der Waals surface area contributed by atoms with Gasteiger partial charge in [0.25, 0.3) is 0 Å². The molecule has 0 bridgehead atoms. The predicted octanol–water partition coefficient (Wildman–Crippen LogP) is 2.65. The van der Waals surface area contributed by atoms with E-state index in [2.05, 4.69) is 15.2 Å².